The van der Waals surface area contributed by atoms with Crippen molar-refractivity contribution in [1.82, 2.24) is 9.88 Å². The molecule has 0 saturated carbocycles. The molecule has 0 aliphatic carbocycles. The number of hydrogen-bond donors (Lipinski definition) is 1. The second-order valence-corrected chi connectivity index (χ2v) is 4.71. The Kier molecular flexibility index (Phi) is 3.15. The molecule has 1 saturated heterocycles. The summed E-state index contributed by atoms with van der Waals surface area (Å²) in [6, 6.07) is 2.46. The van der Waals surface area contributed by atoms with Gasteiger partial charge in [0.2, 0.25) is 0 Å². The van der Waals surface area contributed by atoms with Crippen LogP contribution in [0.15, 0.2) is 22.9 Å². The third-order valence-electron chi connectivity index (χ3n) is 2.48. The monoisotopic (exact) mass is 255 g/mol. The molecule has 1 fully saturated rings. The van der Waals surface area contributed by atoms with E-state index in [4.69, 9.17) is 5.73 Å². The Morgan fingerprint density at radius 1 is 1.57 bits per heavy atom. The first-order chi connectivity index (χ1) is 6.74. The first-order valence-electron chi connectivity index (χ1n) is 4.81. The van der Waals surface area contributed by atoms with Crippen molar-refractivity contribution in [1.29, 1.82) is 0 Å². The molecule has 0 spiro atoms. The van der Waals surface area contributed by atoms with Crippen LogP contribution in [0.1, 0.15) is 12.0 Å². The minimum Gasteiger partial charge on any atom is -0.326 e. The average molecular weight is 256 g/mol. The lowest BCUT2D eigenvalue weighted by molar-refractivity contribution is 0.326. The zero-order valence-electron chi connectivity index (χ0n) is 7.99. The number of hydrogen-bond acceptors (Lipinski definition) is 3. The van der Waals surface area contributed by atoms with Gasteiger partial charge in [0, 0.05) is 42.5 Å². The standard InChI is InChI=1S/C10H14BrN3/c11-9-3-8(4-13-5-9)6-14-2-1-10(12)7-14/h3-5,10H,1-2,6-7,12H2. The molecule has 0 radical (unpaired) electrons. The van der Waals surface area contributed by atoms with Gasteiger partial charge in [0.25, 0.3) is 0 Å². The number of rotatable bonds is 2. The van der Waals surface area contributed by atoms with Crippen LogP contribution in [0.3, 0.4) is 0 Å². The van der Waals surface area contributed by atoms with E-state index in [-0.39, 0.29) is 0 Å². The molecular weight excluding hydrogens is 242 g/mol. The molecule has 0 aromatic carbocycles. The SMILES string of the molecule is NC1CCN(Cc2cncc(Br)c2)C1. The largest absolute Gasteiger partial charge is 0.326 e. The highest BCUT2D eigenvalue weighted by atomic mass is 79.9. The molecule has 2 heterocycles. The van der Waals surface area contributed by atoms with Gasteiger partial charge in [-0.05, 0) is 34.0 Å². The van der Waals surface area contributed by atoms with E-state index in [1.165, 1.54) is 5.56 Å². The second kappa shape index (κ2) is 4.38. The van der Waals surface area contributed by atoms with Crippen LogP contribution in [0.4, 0.5) is 0 Å². The van der Waals surface area contributed by atoms with E-state index in [0.29, 0.717) is 6.04 Å². The maximum atomic E-state index is 5.84. The number of aromatic nitrogens is 1. The van der Waals surface area contributed by atoms with Crippen molar-refractivity contribution in [2.24, 2.45) is 5.73 Å². The van der Waals surface area contributed by atoms with E-state index < -0.39 is 0 Å². The molecule has 1 unspecified atom stereocenters. The maximum Gasteiger partial charge on any atom is 0.0410 e. The summed E-state index contributed by atoms with van der Waals surface area (Å²) in [5, 5.41) is 0. The predicted molar refractivity (Wildman–Crippen MR) is 59.8 cm³/mol. The van der Waals surface area contributed by atoms with Crippen LogP contribution in [0.2, 0.25) is 0 Å². The average Bonchev–Trinajstić information content (AvgIpc) is 2.51. The van der Waals surface area contributed by atoms with Crippen molar-refractivity contribution in [2.75, 3.05) is 13.1 Å². The Morgan fingerprint density at radius 3 is 3.07 bits per heavy atom. The van der Waals surface area contributed by atoms with Gasteiger partial charge in [-0.2, -0.15) is 0 Å². The highest BCUT2D eigenvalue weighted by Crippen LogP contribution is 2.14. The van der Waals surface area contributed by atoms with E-state index in [0.717, 1.165) is 30.5 Å². The van der Waals surface area contributed by atoms with Crippen molar-refractivity contribution in [3.8, 4) is 0 Å². The third-order valence-corrected chi connectivity index (χ3v) is 2.91. The van der Waals surface area contributed by atoms with Gasteiger partial charge >= 0.3 is 0 Å². The third kappa shape index (κ3) is 2.53. The van der Waals surface area contributed by atoms with Crippen LogP contribution in [-0.4, -0.2) is 29.0 Å². The number of halogens is 1. The van der Waals surface area contributed by atoms with Crippen molar-refractivity contribution in [3.63, 3.8) is 0 Å². The minimum absolute atomic E-state index is 0.357. The highest BCUT2D eigenvalue weighted by molar-refractivity contribution is 9.10. The molecule has 2 N–H and O–H groups in total. The summed E-state index contributed by atoms with van der Waals surface area (Å²) in [6.45, 7) is 3.07. The Labute approximate surface area is 92.4 Å². The van der Waals surface area contributed by atoms with Crippen LogP contribution in [0, 0.1) is 0 Å². The summed E-state index contributed by atoms with van der Waals surface area (Å²) in [5.41, 5.74) is 7.09. The maximum absolute atomic E-state index is 5.84. The molecule has 14 heavy (non-hydrogen) atoms. The summed E-state index contributed by atoms with van der Waals surface area (Å²) in [5.74, 6) is 0. The molecule has 1 aliphatic heterocycles. The van der Waals surface area contributed by atoms with Crippen LogP contribution in [0.25, 0.3) is 0 Å². The molecule has 1 aliphatic rings. The lowest BCUT2D eigenvalue weighted by Crippen LogP contribution is -2.26. The smallest absolute Gasteiger partial charge is 0.0410 e. The number of nitrogens with zero attached hydrogens (tertiary/aromatic N) is 2. The molecule has 76 valence electrons. The van der Waals surface area contributed by atoms with Gasteiger partial charge in [-0.1, -0.05) is 0 Å². The van der Waals surface area contributed by atoms with Gasteiger partial charge in [0.1, 0.15) is 0 Å². The summed E-state index contributed by atoms with van der Waals surface area (Å²) in [6.07, 6.45) is 4.83. The Morgan fingerprint density at radius 2 is 2.43 bits per heavy atom. The molecule has 0 amide bonds. The molecule has 3 nitrogen and oxygen atoms in total. The van der Waals surface area contributed by atoms with E-state index in [2.05, 4.69) is 31.9 Å². The molecule has 1 aromatic heterocycles. The second-order valence-electron chi connectivity index (χ2n) is 3.80. The van der Waals surface area contributed by atoms with Crippen molar-refractivity contribution >= 4 is 15.9 Å². The zero-order valence-corrected chi connectivity index (χ0v) is 9.57. The molecule has 2 rings (SSSR count). The lowest BCUT2D eigenvalue weighted by Gasteiger charge is -2.14. The minimum atomic E-state index is 0.357. The van der Waals surface area contributed by atoms with E-state index in [1.807, 2.05) is 6.20 Å². The molecule has 1 aromatic rings. The lowest BCUT2D eigenvalue weighted by atomic mass is 10.3. The fourth-order valence-corrected chi connectivity index (χ4v) is 2.22. The van der Waals surface area contributed by atoms with Gasteiger partial charge in [0.05, 0.1) is 0 Å². The Hall–Kier alpha value is -0.450. The van der Waals surface area contributed by atoms with Gasteiger partial charge in [0.15, 0.2) is 0 Å². The molecule has 0 bridgehead atoms. The van der Waals surface area contributed by atoms with Crippen LogP contribution in [0.5, 0.6) is 0 Å². The molecule has 4 heteroatoms. The van der Waals surface area contributed by atoms with Gasteiger partial charge in [-0.15, -0.1) is 0 Å². The van der Waals surface area contributed by atoms with E-state index in [1.54, 1.807) is 6.20 Å². The summed E-state index contributed by atoms with van der Waals surface area (Å²) < 4.78 is 1.04. The Balaban J connectivity index is 1.97. The van der Waals surface area contributed by atoms with Gasteiger partial charge < -0.3 is 5.73 Å². The van der Waals surface area contributed by atoms with Gasteiger partial charge in [-0.3, -0.25) is 9.88 Å². The summed E-state index contributed by atoms with van der Waals surface area (Å²) in [4.78, 5) is 6.51. The van der Waals surface area contributed by atoms with Crippen LogP contribution in [-0.2, 0) is 6.54 Å². The first-order valence-corrected chi connectivity index (χ1v) is 5.61. The number of pyridine rings is 1. The quantitative estimate of drug-likeness (QED) is 0.869. The fraction of sp³-hybridized carbons (Fsp3) is 0.500. The molecular formula is C10H14BrN3. The van der Waals surface area contributed by atoms with E-state index >= 15 is 0 Å². The summed E-state index contributed by atoms with van der Waals surface area (Å²) in [7, 11) is 0. The van der Waals surface area contributed by atoms with Crippen LogP contribution >= 0.6 is 15.9 Å². The fourth-order valence-electron chi connectivity index (χ4n) is 1.81. The summed E-state index contributed by atoms with van der Waals surface area (Å²) >= 11 is 3.42. The van der Waals surface area contributed by atoms with E-state index in [9.17, 15) is 0 Å². The van der Waals surface area contributed by atoms with Crippen molar-refractivity contribution in [2.45, 2.75) is 19.0 Å². The van der Waals surface area contributed by atoms with Crippen molar-refractivity contribution in [3.05, 3.63) is 28.5 Å². The number of nitrogens with two attached hydrogens (primary N) is 1. The molecule has 1 atom stereocenters. The topological polar surface area (TPSA) is 42.1 Å². The number of likely N-dealkylation sites (tertiary alicyclic amines) is 1. The van der Waals surface area contributed by atoms with Crippen molar-refractivity contribution < 1.29 is 0 Å². The highest BCUT2D eigenvalue weighted by Gasteiger charge is 2.18. The predicted octanol–water partition coefficient (Wildman–Crippen LogP) is 1.38. The van der Waals surface area contributed by atoms with Crippen LogP contribution < -0.4 is 5.73 Å². The Bertz CT molecular complexity index is 316. The zero-order chi connectivity index (χ0) is 9.97. The van der Waals surface area contributed by atoms with Gasteiger partial charge in [-0.25, -0.2) is 0 Å². The first kappa shape index (κ1) is 10.1. The normalized spacial score (nSPS) is 22.9.